The molecule has 0 spiro atoms. The van der Waals surface area contributed by atoms with Crippen LogP contribution in [0.15, 0.2) is 52.3 Å². The average molecular weight is 284 g/mol. The highest BCUT2D eigenvalue weighted by Gasteiger charge is 2.25. The van der Waals surface area contributed by atoms with E-state index < -0.39 is 0 Å². The molecule has 0 aliphatic carbocycles. The minimum absolute atomic E-state index is 0.00665. The van der Waals surface area contributed by atoms with Crippen LogP contribution >= 0.6 is 11.8 Å². The first-order valence-electron chi connectivity index (χ1n) is 6.09. The molecule has 0 radical (unpaired) electrons. The lowest BCUT2D eigenvalue weighted by Crippen LogP contribution is -1.93. The van der Waals surface area contributed by atoms with E-state index in [0.29, 0.717) is 21.8 Å². The van der Waals surface area contributed by atoms with Crippen molar-refractivity contribution in [1.29, 1.82) is 0 Å². The summed E-state index contributed by atoms with van der Waals surface area (Å²) in [6.45, 7) is 0. The van der Waals surface area contributed by atoms with Gasteiger partial charge in [0.15, 0.2) is 0 Å². The van der Waals surface area contributed by atoms with Crippen molar-refractivity contribution in [1.82, 2.24) is 0 Å². The number of allylic oxidation sites excluding steroid dienone is 1. The van der Waals surface area contributed by atoms with Crippen LogP contribution in [-0.2, 0) is 0 Å². The Morgan fingerprint density at radius 3 is 2.75 bits per heavy atom. The first-order chi connectivity index (χ1) is 9.69. The van der Waals surface area contributed by atoms with E-state index in [0.717, 1.165) is 4.90 Å². The third-order valence-corrected chi connectivity index (χ3v) is 4.20. The Labute approximate surface area is 120 Å². The molecule has 2 aromatic rings. The van der Waals surface area contributed by atoms with E-state index in [2.05, 4.69) is 0 Å². The van der Waals surface area contributed by atoms with Crippen molar-refractivity contribution in [3.63, 3.8) is 0 Å². The molecule has 0 saturated carbocycles. The number of rotatable bonds is 2. The summed E-state index contributed by atoms with van der Waals surface area (Å²) < 4.78 is 5.13. The van der Waals surface area contributed by atoms with Crippen LogP contribution in [0, 0.1) is 0 Å². The second kappa shape index (κ2) is 5.06. The summed E-state index contributed by atoms with van der Waals surface area (Å²) in [5.41, 5.74) is 1.29. The molecule has 1 heterocycles. The number of ketones is 1. The average Bonchev–Trinajstić information content (AvgIpc) is 2.78. The maximum atomic E-state index is 12.3. The Morgan fingerprint density at radius 2 is 2.00 bits per heavy atom. The predicted molar refractivity (Wildman–Crippen MR) is 79.3 cm³/mol. The Balaban J connectivity index is 2.01. The summed E-state index contributed by atoms with van der Waals surface area (Å²) >= 11 is 1.42. The topological polar surface area (TPSA) is 46.5 Å². The number of carbonyl (C=O) groups is 1. The summed E-state index contributed by atoms with van der Waals surface area (Å²) in [6, 6.07) is 12.4. The number of fused-ring (bicyclic) bond motifs is 1. The summed E-state index contributed by atoms with van der Waals surface area (Å²) in [4.78, 5) is 13.8. The maximum Gasteiger partial charge on any atom is 0.200 e. The van der Waals surface area contributed by atoms with Gasteiger partial charge in [0.25, 0.3) is 0 Å². The zero-order valence-corrected chi connectivity index (χ0v) is 11.6. The number of phenols is 1. The Bertz CT molecular complexity index is 719. The fourth-order valence-corrected chi connectivity index (χ4v) is 3.09. The Hall–Kier alpha value is -2.20. The lowest BCUT2D eigenvalue weighted by atomic mass is 10.1. The molecule has 0 unspecified atom stereocenters. The monoisotopic (exact) mass is 284 g/mol. The molecule has 4 heteroatoms. The van der Waals surface area contributed by atoms with Gasteiger partial charge in [-0.1, -0.05) is 23.9 Å². The summed E-state index contributed by atoms with van der Waals surface area (Å²) in [6.07, 6.45) is 1.70. The van der Waals surface area contributed by atoms with Gasteiger partial charge >= 0.3 is 0 Å². The fraction of sp³-hybridized carbons (Fsp3) is 0.0625. The molecule has 0 aromatic heterocycles. The lowest BCUT2D eigenvalue weighted by molar-refractivity contribution is 0.104. The largest absolute Gasteiger partial charge is 0.507 e. The van der Waals surface area contributed by atoms with Crippen LogP contribution in [0.5, 0.6) is 11.5 Å². The number of phenolic OH excluding ortho intramolecular Hbond substituents is 1. The van der Waals surface area contributed by atoms with Crippen LogP contribution in [0.3, 0.4) is 0 Å². The van der Waals surface area contributed by atoms with Gasteiger partial charge in [-0.15, -0.1) is 0 Å². The predicted octanol–water partition coefficient (Wildman–Crippen LogP) is 3.73. The molecule has 20 heavy (non-hydrogen) atoms. The van der Waals surface area contributed by atoms with E-state index in [9.17, 15) is 9.90 Å². The highest BCUT2D eigenvalue weighted by molar-refractivity contribution is 8.04. The second-order valence-corrected chi connectivity index (χ2v) is 5.44. The molecule has 100 valence electrons. The molecule has 3 rings (SSSR count). The van der Waals surface area contributed by atoms with Gasteiger partial charge in [0.2, 0.25) is 5.78 Å². The van der Waals surface area contributed by atoms with Gasteiger partial charge in [0, 0.05) is 16.0 Å². The van der Waals surface area contributed by atoms with Gasteiger partial charge < -0.3 is 9.84 Å². The number of hydrogen-bond donors (Lipinski definition) is 1. The zero-order valence-electron chi connectivity index (χ0n) is 10.8. The number of thioether (sulfide) groups is 1. The van der Waals surface area contributed by atoms with E-state index >= 15 is 0 Å². The van der Waals surface area contributed by atoms with Gasteiger partial charge in [-0.2, -0.15) is 0 Å². The van der Waals surface area contributed by atoms with Gasteiger partial charge in [0.05, 0.1) is 12.0 Å². The Morgan fingerprint density at radius 1 is 1.20 bits per heavy atom. The molecule has 0 amide bonds. The number of benzene rings is 2. The molecule has 1 aliphatic heterocycles. The number of hydrogen-bond acceptors (Lipinski definition) is 4. The van der Waals surface area contributed by atoms with E-state index in [4.69, 9.17) is 4.74 Å². The van der Waals surface area contributed by atoms with Crippen LogP contribution in [-0.4, -0.2) is 18.0 Å². The second-order valence-electron chi connectivity index (χ2n) is 4.36. The molecular formula is C16H12O3S. The number of methoxy groups -OCH3 is 1. The molecule has 1 aliphatic rings. The van der Waals surface area contributed by atoms with E-state index in [1.165, 1.54) is 11.8 Å². The minimum atomic E-state index is -0.00665. The molecule has 0 bridgehead atoms. The van der Waals surface area contributed by atoms with Crippen LogP contribution in [0.25, 0.3) is 6.08 Å². The molecule has 2 aromatic carbocycles. The van der Waals surface area contributed by atoms with Crippen LogP contribution < -0.4 is 4.74 Å². The van der Waals surface area contributed by atoms with Crippen molar-refractivity contribution < 1.29 is 14.6 Å². The molecule has 0 fully saturated rings. The normalized spacial score (nSPS) is 15.4. The number of carbonyl (C=O) groups excluding carboxylic acids is 1. The van der Waals surface area contributed by atoms with Gasteiger partial charge in [-0.05, 0) is 36.4 Å². The van der Waals surface area contributed by atoms with E-state index in [-0.39, 0.29) is 11.5 Å². The highest BCUT2D eigenvalue weighted by Crippen LogP contribution is 2.41. The van der Waals surface area contributed by atoms with Crippen molar-refractivity contribution in [3.8, 4) is 11.5 Å². The third-order valence-electron chi connectivity index (χ3n) is 3.10. The standard InChI is InChI=1S/C16H12O3S/c1-19-11-6-7-13(17)10(8-11)9-15-16(18)12-4-2-3-5-14(12)20-15/h2-9,17H,1H3. The van der Waals surface area contributed by atoms with Crippen molar-refractivity contribution >= 4 is 23.6 Å². The number of aromatic hydroxyl groups is 1. The minimum Gasteiger partial charge on any atom is -0.507 e. The van der Waals surface area contributed by atoms with Gasteiger partial charge in [-0.25, -0.2) is 0 Å². The van der Waals surface area contributed by atoms with Crippen molar-refractivity contribution in [2.75, 3.05) is 7.11 Å². The van der Waals surface area contributed by atoms with Crippen LogP contribution in [0.2, 0.25) is 0 Å². The number of Topliss-reactive ketones (excluding diaryl/α,β-unsaturated/α-hetero) is 1. The summed E-state index contributed by atoms with van der Waals surface area (Å²) in [5.74, 6) is 0.762. The smallest absolute Gasteiger partial charge is 0.200 e. The molecule has 1 N–H and O–H groups in total. The van der Waals surface area contributed by atoms with Gasteiger partial charge in [0.1, 0.15) is 11.5 Å². The third kappa shape index (κ3) is 2.18. The quantitative estimate of drug-likeness (QED) is 0.854. The number of ether oxygens (including phenoxy) is 1. The van der Waals surface area contributed by atoms with Crippen molar-refractivity contribution in [2.45, 2.75) is 4.90 Å². The van der Waals surface area contributed by atoms with Gasteiger partial charge in [-0.3, -0.25) is 4.79 Å². The molecule has 3 nitrogen and oxygen atoms in total. The van der Waals surface area contributed by atoms with E-state index in [1.807, 2.05) is 24.3 Å². The first-order valence-corrected chi connectivity index (χ1v) is 6.91. The maximum absolute atomic E-state index is 12.3. The fourth-order valence-electron chi connectivity index (χ4n) is 2.05. The van der Waals surface area contributed by atoms with Crippen LogP contribution in [0.4, 0.5) is 0 Å². The highest BCUT2D eigenvalue weighted by atomic mass is 32.2. The van der Waals surface area contributed by atoms with Crippen LogP contribution in [0.1, 0.15) is 15.9 Å². The van der Waals surface area contributed by atoms with E-state index in [1.54, 1.807) is 31.4 Å². The molecule has 0 atom stereocenters. The lowest BCUT2D eigenvalue weighted by Gasteiger charge is -2.04. The Kier molecular flexibility index (Phi) is 3.24. The van der Waals surface area contributed by atoms with Crippen molar-refractivity contribution in [3.05, 3.63) is 58.5 Å². The molecule has 0 saturated heterocycles. The molecular weight excluding hydrogens is 272 g/mol. The SMILES string of the molecule is COc1ccc(O)c(C=C2Sc3ccccc3C2=O)c1. The van der Waals surface area contributed by atoms with Crippen molar-refractivity contribution in [2.24, 2.45) is 0 Å². The first kappa shape index (κ1) is 12.8. The summed E-state index contributed by atoms with van der Waals surface area (Å²) in [7, 11) is 1.56. The summed E-state index contributed by atoms with van der Waals surface area (Å²) in [5, 5.41) is 9.87. The zero-order chi connectivity index (χ0) is 14.1.